The predicted molar refractivity (Wildman–Crippen MR) is 71.6 cm³/mol. The van der Waals surface area contributed by atoms with E-state index in [0.29, 0.717) is 6.04 Å². The van der Waals surface area contributed by atoms with E-state index < -0.39 is 0 Å². The summed E-state index contributed by atoms with van der Waals surface area (Å²) in [6.07, 6.45) is 7.12. The monoisotopic (exact) mass is 271 g/mol. The quantitative estimate of drug-likeness (QED) is 0.892. The highest BCUT2D eigenvalue weighted by molar-refractivity contribution is 7.15. The Morgan fingerprint density at radius 3 is 2.94 bits per heavy atom. The van der Waals surface area contributed by atoms with Crippen LogP contribution in [0.25, 0.3) is 0 Å². The first-order chi connectivity index (χ1) is 8.31. The first kappa shape index (κ1) is 11.9. The molecular weight excluding hydrogens is 254 g/mol. The normalized spacial score (nSPS) is 24.7. The molecule has 0 bridgehead atoms. The zero-order valence-electron chi connectivity index (χ0n) is 9.86. The zero-order chi connectivity index (χ0) is 11.7. The number of hydrogen-bond acceptors (Lipinski definition) is 4. The summed E-state index contributed by atoms with van der Waals surface area (Å²) in [6.45, 7) is 3.33. The minimum Gasteiger partial charge on any atom is -0.313 e. The maximum absolute atomic E-state index is 5.93. The van der Waals surface area contributed by atoms with E-state index in [0.717, 1.165) is 21.9 Å². The summed E-state index contributed by atoms with van der Waals surface area (Å²) < 4.78 is 0.801. The van der Waals surface area contributed by atoms with Gasteiger partial charge >= 0.3 is 0 Å². The van der Waals surface area contributed by atoms with Gasteiger partial charge in [-0.1, -0.05) is 11.6 Å². The summed E-state index contributed by atoms with van der Waals surface area (Å²) in [4.78, 5) is 6.95. The lowest BCUT2D eigenvalue weighted by Crippen LogP contribution is -2.38. The second kappa shape index (κ2) is 5.22. The molecular formula is C12H18ClN3S. The Morgan fingerprint density at radius 2 is 2.35 bits per heavy atom. The Morgan fingerprint density at radius 1 is 1.47 bits per heavy atom. The van der Waals surface area contributed by atoms with Gasteiger partial charge in [0.2, 0.25) is 0 Å². The van der Waals surface area contributed by atoms with Crippen LogP contribution in [0.4, 0.5) is 0 Å². The van der Waals surface area contributed by atoms with Crippen LogP contribution in [-0.4, -0.2) is 35.1 Å². The first-order valence-electron chi connectivity index (χ1n) is 6.39. The Hall–Kier alpha value is -0.160. The molecule has 0 amide bonds. The molecule has 1 aliphatic carbocycles. The van der Waals surface area contributed by atoms with Crippen molar-refractivity contribution >= 4 is 22.9 Å². The van der Waals surface area contributed by atoms with Crippen molar-refractivity contribution in [1.82, 2.24) is 15.2 Å². The standard InChI is InChI=1S/C12H18ClN3S/c13-11-6-15-12(17-11)8-16(10-3-4-10)7-9-2-1-5-14-9/h6,9-10,14H,1-5,7-8H2. The molecule has 1 saturated carbocycles. The van der Waals surface area contributed by atoms with Crippen LogP contribution < -0.4 is 5.32 Å². The minimum atomic E-state index is 0.686. The number of halogens is 1. The van der Waals surface area contributed by atoms with Gasteiger partial charge in [0.15, 0.2) is 0 Å². The number of thiazole rings is 1. The average Bonchev–Trinajstić information content (AvgIpc) is 2.89. The van der Waals surface area contributed by atoms with Gasteiger partial charge < -0.3 is 5.32 Å². The van der Waals surface area contributed by atoms with E-state index >= 15 is 0 Å². The largest absolute Gasteiger partial charge is 0.313 e. The lowest BCUT2D eigenvalue weighted by atomic mass is 10.2. The van der Waals surface area contributed by atoms with Crippen molar-refractivity contribution < 1.29 is 0 Å². The van der Waals surface area contributed by atoms with Crippen LogP contribution in [0, 0.1) is 0 Å². The Kier molecular flexibility index (Phi) is 3.66. The molecule has 2 fully saturated rings. The van der Waals surface area contributed by atoms with Gasteiger partial charge in [0.1, 0.15) is 9.34 Å². The van der Waals surface area contributed by atoms with Gasteiger partial charge in [0, 0.05) is 18.6 Å². The maximum Gasteiger partial charge on any atom is 0.113 e. The first-order valence-corrected chi connectivity index (χ1v) is 7.58. The lowest BCUT2D eigenvalue weighted by Gasteiger charge is -2.24. The molecule has 0 aromatic carbocycles. The third-order valence-electron chi connectivity index (χ3n) is 3.54. The number of hydrogen-bond donors (Lipinski definition) is 1. The summed E-state index contributed by atoms with van der Waals surface area (Å²) in [5.74, 6) is 0. The van der Waals surface area contributed by atoms with Crippen LogP contribution in [0.1, 0.15) is 30.7 Å². The van der Waals surface area contributed by atoms with E-state index in [4.69, 9.17) is 11.6 Å². The summed E-state index contributed by atoms with van der Waals surface area (Å²) >= 11 is 7.55. The molecule has 5 heteroatoms. The second-order valence-electron chi connectivity index (χ2n) is 5.01. The molecule has 1 saturated heterocycles. The number of aromatic nitrogens is 1. The Labute approximate surface area is 111 Å². The van der Waals surface area contributed by atoms with E-state index in [-0.39, 0.29) is 0 Å². The Bertz CT molecular complexity index is 372. The molecule has 3 nitrogen and oxygen atoms in total. The molecule has 1 N–H and O–H groups in total. The van der Waals surface area contributed by atoms with Crippen molar-refractivity contribution in [1.29, 1.82) is 0 Å². The molecule has 17 heavy (non-hydrogen) atoms. The Balaban J connectivity index is 1.59. The zero-order valence-corrected chi connectivity index (χ0v) is 11.4. The van der Waals surface area contributed by atoms with Crippen molar-refractivity contribution in [3.8, 4) is 0 Å². The van der Waals surface area contributed by atoms with Gasteiger partial charge in [-0.05, 0) is 32.2 Å². The number of rotatable bonds is 5. The fraction of sp³-hybridized carbons (Fsp3) is 0.750. The molecule has 1 unspecified atom stereocenters. The van der Waals surface area contributed by atoms with E-state index in [1.807, 2.05) is 0 Å². The van der Waals surface area contributed by atoms with Gasteiger partial charge in [-0.3, -0.25) is 4.90 Å². The van der Waals surface area contributed by atoms with E-state index in [2.05, 4.69) is 15.2 Å². The lowest BCUT2D eigenvalue weighted by molar-refractivity contribution is 0.231. The highest BCUT2D eigenvalue weighted by Crippen LogP contribution is 2.30. The van der Waals surface area contributed by atoms with Gasteiger partial charge in [-0.15, -0.1) is 11.3 Å². The molecule has 1 aromatic rings. The summed E-state index contributed by atoms with van der Waals surface area (Å²) in [7, 11) is 0. The van der Waals surface area contributed by atoms with Crippen LogP contribution >= 0.6 is 22.9 Å². The van der Waals surface area contributed by atoms with Crippen molar-refractivity contribution in [3.63, 3.8) is 0 Å². The van der Waals surface area contributed by atoms with E-state index in [1.165, 1.54) is 38.8 Å². The number of nitrogens with one attached hydrogen (secondary N) is 1. The van der Waals surface area contributed by atoms with Crippen molar-refractivity contribution in [2.24, 2.45) is 0 Å². The van der Waals surface area contributed by atoms with Gasteiger partial charge in [0.25, 0.3) is 0 Å². The molecule has 0 radical (unpaired) electrons. The van der Waals surface area contributed by atoms with Crippen LogP contribution in [0.2, 0.25) is 4.34 Å². The molecule has 2 heterocycles. The fourth-order valence-corrected chi connectivity index (χ4v) is 3.50. The van der Waals surface area contributed by atoms with Gasteiger partial charge in [-0.25, -0.2) is 4.98 Å². The van der Waals surface area contributed by atoms with E-state index in [9.17, 15) is 0 Å². The topological polar surface area (TPSA) is 28.2 Å². The summed E-state index contributed by atoms with van der Waals surface area (Å²) in [6, 6.07) is 1.48. The van der Waals surface area contributed by atoms with Crippen LogP contribution in [0.3, 0.4) is 0 Å². The molecule has 2 aliphatic rings. The van der Waals surface area contributed by atoms with Gasteiger partial charge in [-0.2, -0.15) is 0 Å². The fourth-order valence-electron chi connectivity index (χ4n) is 2.51. The third-order valence-corrected chi connectivity index (χ3v) is 4.64. The maximum atomic E-state index is 5.93. The molecule has 1 atom stereocenters. The molecule has 1 aliphatic heterocycles. The van der Waals surface area contributed by atoms with Crippen LogP contribution in [0.15, 0.2) is 6.20 Å². The number of nitrogens with zero attached hydrogens (tertiary/aromatic N) is 2. The van der Waals surface area contributed by atoms with Crippen LogP contribution in [-0.2, 0) is 6.54 Å². The predicted octanol–water partition coefficient (Wildman–Crippen LogP) is 2.51. The highest BCUT2D eigenvalue weighted by Gasteiger charge is 2.31. The molecule has 94 valence electrons. The van der Waals surface area contributed by atoms with Crippen molar-refractivity contribution in [3.05, 3.63) is 15.5 Å². The van der Waals surface area contributed by atoms with Crippen LogP contribution in [0.5, 0.6) is 0 Å². The van der Waals surface area contributed by atoms with E-state index in [1.54, 1.807) is 17.5 Å². The highest BCUT2D eigenvalue weighted by atomic mass is 35.5. The third kappa shape index (κ3) is 3.19. The molecule has 0 spiro atoms. The second-order valence-corrected chi connectivity index (χ2v) is 6.76. The SMILES string of the molecule is Clc1cnc(CN(CC2CCCN2)C2CC2)s1. The summed E-state index contributed by atoms with van der Waals surface area (Å²) in [5, 5.41) is 4.73. The smallest absolute Gasteiger partial charge is 0.113 e. The minimum absolute atomic E-state index is 0.686. The van der Waals surface area contributed by atoms with Gasteiger partial charge in [0.05, 0.1) is 12.7 Å². The average molecular weight is 272 g/mol. The van der Waals surface area contributed by atoms with Crippen molar-refractivity contribution in [2.75, 3.05) is 13.1 Å². The molecule has 1 aromatic heterocycles. The molecule has 3 rings (SSSR count). The summed E-state index contributed by atoms with van der Waals surface area (Å²) in [5.41, 5.74) is 0. The van der Waals surface area contributed by atoms with Crippen molar-refractivity contribution in [2.45, 2.75) is 44.3 Å².